The van der Waals surface area contributed by atoms with Crippen LogP contribution in [0.2, 0.25) is 0 Å². The molecule has 0 aliphatic rings. The minimum atomic E-state index is -3.72. The SMILES string of the molecule is CCCS(=O)(=O)c1ccc(C(=O)O)c(C)c1C(=O)O. The summed E-state index contributed by atoms with van der Waals surface area (Å²) in [5.74, 6) is -2.92. The van der Waals surface area contributed by atoms with Crippen LogP contribution in [0.25, 0.3) is 0 Å². The van der Waals surface area contributed by atoms with E-state index in [0.717, 1.165) is 12.1 Å². The maximum Gasteiger partial charge on any atom is 0.337 e. The largest absolute Gasteiger partial charge is 0.478 e. The highest BCUT2D eigenvalue weighted by Crippen LogP contribution is 2.24. The van der Waals surface area contributed by atoms with Gasteiger partial charge in [-0.15, -0.1) is 0 Å². The molecule has 7 heteroatoms. The molecule has 0 fully saturated rings. The van der Waals surface area contributed by atoms with Crippen molar-refractivity contribution in [2.45, 2.75) is 25.2 Å². The van der Waals surface area contributed by atoms with Gasteiger partial charge in [0.1, 0.15) is 0 Å². The van der Waals surface area contributed by atoms with Crippen LogP contribution in [-0.4, -0.2) is 36.3 Å². The fourth-order valence-corrected chi connectivity index (χ4v) is 3.41. The van der Waals surface area contributed by atoms with Gasteiger partial charge in [0.25, 0.3) is 0 Å². The van der Waals surface area contributed by atoms with E-state index in [0.29, 0.717) is 6.42 Å². The molecule has 104 valence electrons. The van der Waals surface area contributed by atoms with Crippen molar-refractivity contribution < 1.29 is 28.2 Å². The summed E-state index contributed by atoms with van der Waals surface area (Å²) in [6, 6.07) is 2.16. The van der Waals surface area contributed by atoms with E-state index in [4.69, 9.17) is 10.2 Å². The lowest BCUT2D eigenvalue weighted by atomic mass is 10.0. The first-order chi connectivity index (χ1) is 8.72. The second kappa shape index (κ2) is 5.40. The summed E-state index contributed by atoms with van der Waals surface area (Å²) in [5, 5.41) is 18.1. The van der Waals surface area contributed by atoms with Crippen LogP contribution in [0.1, 0.15) is 39.6 Å². The molecule has 1 aromatic carbocycles. The van der Waals surface area contributed by atoms with Crippen molar-refractivity contribution in [1.82, 2.24) is 0 Å². The fourth-order valence-electron chi connectivity index (χ4n) is 1.82. The molecule has 1 rings (SSSR count). The number of aromatic carboxylic acids is 2. The zero-order valence-corrected chi connectivity index (χ0v) is 11.3. The minimum Gasteiger partial charge on any atom is -0.478 e. The molecule has 0 heterocycles. The summed E-state index contributed by atoms with van der Waals surface area (Å²) in [6.45, 7) is 2.95. The van der Waals surface area contributed by atoms with Crippen molar-refractivity contribution in [2.75, 3.05) is 5.75 Å². The molecule has 0 aliphatic carbocycles. The van der Waals surface area contributed by atoms with Crippen molar-refractivity contribution in [1.29, 1.82) is 0 Å². The molecular weight excluding hydrogens is 272 g/mol. The van der Waals surface area contributed by atoms with Gasteiger partial charge >= 0.3 is 11.9 Å². The Labute approximate surface area is 110 Å². The molecule has 0 amide bonds. The van der Waals surface area contributed by atoms with E-state index in [1.54, 1.807) is 6.92 Å². The molecule has 0 unspecified atom stereocenters. The summed E-state index contributed by atoms with van der Waals surface area (Å²) in [4.78, 5) is 21.8. The van der Waals surface area contributed by atoms with Crippen molar-refractivity contribution in [3.63, 3.8) is 0 Å². The molecule has 0 saturated heterocycles. The highest BCUT2D eigenvalue weighted by atomic mass is 32.2. The summed E-state index contributed by atoms with van der Waals surface area (Å²) < 4.78 is 24.0. The number of sulfone groups is 1. The van der Waals surface area contributed by atoms with Crippen LogP contribution >= 0.6 is 0 Å². The Morgan fingerprint density at radius 1 is 1.16 bits per heavy atom. The molecule has 0 atom stereocenters. The van der Waals surface area contributed by atoms with Crippen molar-refractivity contribution in [2.24, 2.45) is 0 Å². The molecule has 1 aromatic rings. The topological polar surface area (TPSA) is 109 Å². The molecule has 6 nitrogen and oxygen atoms in total. The summed E-state index contributed by atoms with van der Waals surface area (Å²) in [5.41, 5.74) is -0.738. The Morgan fingerprint density at radius 2 is 1.74 bits per heavy atom. The Morgan fingerprint density at radius 3 is 2.16 bits per heavy atom. The van der Waals surface area contributed by atoms with Gasteiger partial charge < -0.3 is 10.2 Å². The maximum atomic E-state index is 12.0. The molecule has 0 aliphatic heterocycles. The van der Waals surface area contributed by atoms with Gasteiger partial charge in [0.05, 0.1) is 21.8 Å². The average Bonchev–Trinajstić information content (AvgIpc) is 2.27. The second-order valence-corrected chi connectivity index (χ2v) is 6.12. The van der Waals surface area contributed by atoms with Crippen molar-refractivity contribution in [3.8, 4) is 0 Å². The fraction of sp³-hybridized carbons (Fsp3) is 0.333. The lowest BCUT2D eigenvalue weighted by molar-refractivity contribution is 0.0691. The predicted octanol–water partition coefficient (Wildman–Crippen LogP) is 1.58. The van der Waals surface area contributed by atoms with Gasteiger partial charge in [-0.25, -0.2) is 18.0 Å². The van der Waals surface area contributed by atoms with Gasteiger partial charge in [0.15, 0.2) is 9.84 Å². The Hall–Kier alpha value is -1.89. The first-order valence-electron chi connectivity index (χ1n) is 5.55. The molecule has 2 N–H and O–H groups in total. The van der Waals surface area contributed by atoms with E-state index in [9.17, 15) is 18.0 Å². The molecule has 0 spiro atoms. The van der Waals surface area contributed by atoms with Crippen LogP contribution in [0, 0.1) is 6.92 Å². The second-order valence-electron chi connectivity index (χ2n) is 4.04. The highest BCUT2D eigenvalue weighted by Gasteiger charge is 2.26. The molecule has 0 bridgehead atoms. The molecule has 19 heavy (non-hydrogen) atoms. The monoisotopic (exact) mass is 286 g/mol. The van der Waals surface area contributed by atoms with Crippen molar-refractivity contribution >= 4 is 21.8 Å². The number of benzene rings is 1. The van der Waals surface area contributed by atoms with Crippen LogP contribution in [0.3, 0.4) is 0 Å². The van der Waals surface area contributed by atoms with E-state index in [-0.39, 0.29) is 21.8 Å². The van der Waals surface area contributed by atoms with Crippen LogP contribution in [0.15, 0.2) is 17.0 Å². The van der Waals surface area contributed by atoms with E-state index in [1.807, 2.05) is 0 Å². The molecule has 0 radical (unpaired) electrons. The zero-order valence-electron chi connectivity index (χ0n) is 10.5. The Balaban J connectivity index is 3.65. The Bertz CT molecular complexity index is 630. The smallest absolute Gasteiger partial charge is 0.337 e. The van der Waals surface area contributed by atoms with Crippen LogP contribution in [0.5, 0.6) is 0 Å². The quantitative estimate of drug-likeness (QED) is 0.850. The van der Waals surface area contributed by atoms with Gasteiger partial charge in [-0.3, -0.25) is 0 Å². The maximum absolute atomic E-state index is 12.0. The Kier molecular flexibility index (Phi) is 4.31. The van der Waals surface area contributed by atoms with E-state index in [1.165, 1.54) is 6.92 Å². The number of carbonyl (C=O) groups is 2. The number of hydrogen-bond donors (Lipinski definition) is 2. The van der Waals surface area contributed by atoms with Gasteiger partial charge in [-0.1, -0.05) is 6.92 Å². The first kappa shape index (κ1) is 15.2. The van der Waals surface area contributed by atoms with E-state index < -0.39 is 27.3 Å². The van der Waals surface area contributed by atoms with Crippen molar-refractivity contribution in [3.05, 3.63) is 28.8 Å². The molecule has 0 saturated carbocycles. The average molecular weight is 286 g/mol. The number of carboxylic acid groups (broad SMARTS) is 2. The van der Waals surface area contributed by atoms with Crippen LogP contribution < -0.4 is 0 Å². The number of rotatable bonds is 5. The third-order valence-corrected chi connectivity index (χ3v) is 4.64. The lowest BCUT2D eigenvalue weighted by Gasteiger charge is -2.11. The van der Waals surface area contributed by atoms with Gasteiger partial charge in [0.2, 0.25) is 0 Å². The first-order valence-corrected chi connectivity index (χ1v) is 7.20. The van der Waals surface area contributed by atoms with Crippen LogP contribution in [-0.2, 0) is 9.84 Å². The van der Waals surface area contributed by atoms with Crippen LogP contribution in [0.4, 0.5) is 0 Å². The summed E-state index contributed by atoms with van der Waals surface area (Å²) >= 11 is 0. The number of hydrogen-bond acceptors (Lipinski definition) is 4. The van der Waals surface area contributed by atoms with Gasteiger partial charge in [-0.05, 0) is 31.0 Å². The number of carboxylic acids is 2. The third kappa shape index (κ3) is 2.93. The third-order valence-electron chi connectivity index (χ3n) is 2.68. The lowest BCUT2D eigenvalue weighted by Crippen LogP contribution is -2.16. The highest BCUT2D eigenvalue weighted by molar-refractivity contribution is 7.91. The normalized spacial score (nSPS) is 11.3. The minimum absolute atomic E-state index is 0.0582. The molecule has 0 aromatic heterocycles. The van der Waals surface area contributed by atoms with Gasteiger partial charge in [0, 0.05) is 0 Å². The standard InChI is InChI=1S/C12H14O6S/c1-3-6-19(17,18)9-5-4-8(11(13)14)7(2)10(9)12(15)16/h4-5H,3,6H2,1-2H3,(H,13,14)(H,15,16). The summed E-state index contributed by atoms with van der Waals surface area (Å²) in [6.07, 6.45) is 0.348. The summed E-state index contributed by atoms with van der Waals surface area (Å²) in [7, 11) is -3.72. The van der Waals surface area contributed by atoms with E-state index >= 15 is 0 Å². The predicted molar refractivity (Wildman–Crippen MR) is 67.4 cm³/mol. The van der Waals surface area contributed by atoms with Gasteiger partial charge in [-0.2, -0.15) is 0 Å². The molecular formula is C12H14O6S. The zero-order chi connectivity index (χ0) is 14.8. The van der Waals surface area contributed by atoms with E-state index in [2.05, 4.69) is 0 Å².